The molecule has 1 aliphatic heterocycles. The molecule has 1 aliphatic rings. The van der Waals surface area contributed by atoms with Crippen molar-refractivity contribution in [2.45, 2.75) is 26.8 Å². The maximum Gasteiger partial charge on any atom is 0.329 e. The lowest BCUT2D eigenvalue weighted by atomic mass is 10.2. The number of aromatic nitrogens is 1. The van der Waals surface area contributed by atoms with Gasteiger partial charge < -0.3 is 9.30 Å². The normalized spacial score (nSPS) is 16.9. The molecule has 27 heavy (non-hydrogen) atoms. The van der Waals surface area contributed by atoms with Gasteiger partial charge in [-0.2, -0.15) is 0 Å². The molecule has 6 nitrogen and oxygen atoms in total. The first kappa shape index (κ1) is 19.0. The molecule has 140 valence electrons. The largest absolute Gasteiger partial charge is 0.464 e. The van der Waals surface area contributed by atoms with Crippen molar-refractivity contribution in [3.63, 3.8) is 0 Å². The average Bonchev–Trinajstić information content (AvgIpc) is 3.15. The van der Waals surface area contributed by atoms with Crippen LogP contribution < -0.4 is 0 Å². The number of thioether (sulfide) groups is 1. The smallest absolute Gasteiger partial charge is 0.329 e. The molecule has 2 aromatic rings. The summed E-state index contributed by atoms with van der Waals surface area (Å²) >= 11 is 0.831. The number of aryl methyl sites for hydroxylation is 1. The van der Waals surface area contributed by atoms with E-state index in [0.29, 0.717) is 0 Å². The van der Waals surface area contributed by atoms with Gasteiger partial charge in [-0.15, -0.1) is 0 Å². The number of hydrogen-bond acceptors (Lipinski definition) is 5. The molecule has 7 heteroatoms. The van der Waals surface area contributed by atoms with E-state index in [0.717, 1.165) is 33.7 Å². The van der Waals surface area contributed by atoms with Gasteiger partial charge in [-0.3, -0.25) is 14.5 Å². The second-order valence-electron chi connectivity index (χ2n) is 6.05. The summed E-state index contributed by atoms with van der Waals surface area (Å²) in [5.41, 5.74) is 2.75. The summed E-state index contributed by atoms with van der Waals surface area (Å²) in [7, 11) is 0. The fourth-order valence-corrected chi connectivity index (χ4v) is 3.81. The van der Waals surface area contributed by atoms with Crippen molar-refractivity contribution in [1.29, 1.82) is 0 Å². The van der Waals surface area contributed by atoms with Crippen molar-refractivity contribution in [1.82, 2.24) is 9.47 Å². The van der Waals surface area contributed by atoms with Gasteiger partial charge in [-0.05, 0) is 62.9 Å². The van der Waals surface area contributed by atoms with E-state index >= 15 is 0 Å². The summed E-state index contributed by atoms with van der Waals surface area (Å²) in [6.45, 7) is 5.34. The minimum atomic E-state index is -0.953. The SMILES string of the molecule is CCOC(=O)C(C)N1C(=O)S/C(=C/c2ccc(C)n2-c2ccccc2)C1=O. The summed E-state index contributed by atoms with van der Waals surface area (Å²) in [4.78, 5) is 38.2. The monoisotopic (exact) mass is 384 g/mol. The van der Waals surface area contributed by atoms with Gasteiger partial charge in [0.1, 0.15) is 6.04 Å². The predicted octanol–water partition coefficient (Wildman–Crippen LogP) is 3.77. The lowest BCUT2D eigenvalue weighted by Gasteiger charge is -2.19. The van der Waals surface area contributed by atoms with Gasteiger partial charge in [-0.25, -0.2) is 4.79 Å². The highest BCUT2D eigenvalue weighted by molar-refractivity contribution is 8.18. The van der Waals surface area contributed by atoms with Crippen LogP contribution in [0.5, 0.6) is 0 Å². The van der Waals surface area contributed by atoms with Crippen molar-refractivity contribution in [3.05, 3.63) is 58.8 Å². The van der Waals surface area contributed by atoms with Crippen molar-refractivity contribution in [3.8, 4) is 5.69 Å². The van der Waals surface area contributed by atoms with Gasteiger partial charge in [0.05, 0.1) is 11.5 Å². The third kappa shape index (κ3) is 3.68. The summed E-state index contributed by atoms with van der Waals surface area (Å²) in [6, 6.07) is 12.6. The summed E-state index contributed by atoms with van der Waals surface area (Å²) < 4.78 is 6.93. The van der Waals surface area contributed by atoms with E-state index in [2.05, 4.69) is 0 Å². The Bertz CT molecular complexity index is 917. The van der Waals surface area contributed by atoms with Crippen LogP contribution in [-0.4, -0.2) is 39.2 Å². The van der Waals surface area contributed by atoms with Crippen LogP contribution in [0.4, 0.5) is 4.79 Å². The molecular weight excluding hydrogens is 364 g/mol. The molecule has 2 heterocycles. The number of amides is 2. The Labute approximate surface area is 161 Å². The van der Waals surface area contributed by atoms with E-state index in [1.54, 1.807) is 13.0 Å². The quantitative estimate of drug-likeness (QED) is 0.580. The zero-order valence-electron chi connectivity index (χ0n) is 15.3. The van der Waals surface area contributed by atoms with E-state index in [-0.39, 0.29) is 11.5 Å². The Morgan fingerprint density at radius 2 is 1.89 bits per heavy atom. The number of imide groups is 1. The van der Waals surface area contributed by atoms with Crippen molar-refractivity contribution >= 4 is 35.0 Å². The molecule has 1 fully saturated rings. The number of ether oxygens (including phenoxy) is 1. The third-order valence-corrected chi connectivity index (χ3v) is 5.12. The Hall–Kier alpha value is -2.80. The molecule has 0 bridgehead atoms. The van der Waals surface area contributed by atoms with Gasteiger partial charge in [0, 0.05) is 17.1 Å². The fourth-order valence-electron chi connectivity index (χ4n) is 2.92. The molecule has 0 N–H and O–H groups in total. The average molecular weight is 384 g/mol. The molecule has 1 aromatic heterocycles. The number of carbonyl (C=O) groups is 3. The maximum absolute atomic E-state index is 12.7. The number of rotatable bonds is 5. The van der Waals surface area contributed by atoms with Gasteiger partial charge in [0.2, 0.25) is 0 Å². The van der Waals surface area contributed by atoms with E-state index in [9.17, 15) is 14.4 Å². The third-order valence-electron chi connectivity index (χ3n) is 4.24. The molecule has 0 saturated carbocycles. The van der Waals surface area contributed by atoms with E-state index < -0.39 is 23.2 Å². The first-order valence-corrected chi connectivity index (χ1v) is 9.43. The predicted molar refractivity (Wildman–Crippen MR) is 104 cm³/mol. The Morgan fingerprint density at radius 1 is 1.19 bits per heavy atom. The first-order chi connectivity index (χ1) is 12.9. The van der Waals surface area contributed by atoms with Crippen LogP contribution >= 0.6 is 11.8 Å². The van der Waals surface area contributed by atoms with Crippen LogP contribution in [0, 0.1) is 6.92 Å². The number of carbonyl (C=O) groups excluding carboxylic acids is 3. The van der Waals surface area contributed by atoms with Crippen LogP contribution in [0.2, 0.25) is 0 Å². The van der Waals surface area contributed by atoms with E-state index in [4.69, 9.17) is 4.74 Å². The fraction of sp³-hybridized carbons (Fsp3) is 0.250. The van der Waals surface area contributed by atoms with Crippen LogP contribution in [0.25, 0.3) is 11.8 Å². The van der Waals surface area contributed by atoms with Crippen LogP contribution in [0.15, 0.2) is 47.4 Å². The zero-order chi connectivity index (χ0) is 19.6. The Morgan fingerprint density at radius 3 is 2.56 bits per heavy atom. The highest BCUT2D eigenvalue weighted by atomic mass is 32.2. The summed E-state index contributed by atoms with van der Waals surface area (Å²) in [6.07, 6.45) is 1.68. The molecule has 1 saturated heterocycles. The molecule has 3 rings (SSSR count). The highest BCUT2D eigenvalue weighted by Gasteiger charge is 2.41. The molecule has 1 atom stereocenters. The van der Waals surface area contributed by atoms with Crippen LogP contribution in [-0.2, 0) is 14.3 Å². The number of nitrogens with zero attached hydrogens (tertiary/aromatic N) is 2. The molecule has 1 aromatic carbocycles. The maximum atomic E-state index is 12.7. The van der Waals surface area contributed by atoms with Gasteiger partial charge in [0.25, 0.3) is 11.1 Å². The van der Waals surface area contributed by atoms with Crippen molar-refractivity contribution in [2.75, 3.05) is 6.61 Å². The molecule has 1 unspecified atom stereocenters. The topological polar surface area (TPSA) is 68.6 Å². The van der Waals surface area contributed by atoms with Gasteiger partial charge >= 0.3 is 5.97 Å². The number of benzene rings is 1. The van der Waals surface area contributed by atoms with Crippen molar-refractivity contribution in [2.24, 2.45) is 0 Å². The first-order valence-electron chi connectivity index (χ1n) is 8.61. The molecule has 2 amide bonds. The highest BCUT2D eigenvalue weighted by Crippen LogP contribution is 2.34. The minimum Gasteiger partial charge on any atom is -0.464 e. The second kappa shape index (κ2) is 7.84. The Balaban J connectivity index is 1.93. The number of para-hydroxylation sites is 1. The van der Waals surface area contributed by atoms with Crippen LogP contribution in [0.1, 0.15) is 25.2 Å². The molecule has 0 spiro atoms. The van der Waals surface area contributed by atoms with Crippen LogP contribution in [0.3, 0.4) is 0 Å². The lowest BCUT2D eigenvalue weighted by molar-refractivity contribution is -0.150. The number of hydrogen-bond donors (Lipinski definition) is 0. The summed E-state index contributed by atoms with van der Waals surface area (Å²) in [5, 5.41) is -0.471. The Kier molecular flexibility index (Phi) is 5.51. The molecule has 0 radical (unpaired) electrons. The van der Waals surface area contributed by atoms with E-state index in [1.807, 2.05) is 54.0 Å². The van der Waals surface area contributed by atoms with Crippen molar-refractivity contribution < 1.29 is 19.1 Å². The number of esters is 1. The van der Waals surface area contributed by atoms with E-state index in [1.165, 1.54) is 6.92 Å². The minimum absolute atomic E-state index is 0.194. The molecule has 0 aliphatic carbocycles. The lowest BCUT2D eigenvalue weighted by Crippen LogP contribution is -2.42. The standard InChI is InChI=1S/C20H20N2O4S/c1-4-26-19(24)14(3)22-18(23)17(27-20(22)25)12-16-11-10-13(2)21(16)15-8-6-5-7-9-15/h5-12,14H,4H2,1-3H3/b17-12+. The van der Waals surface area contributed by atoms with Gasteiger partial charge in [-0.1, -0.05) is 18.2 Å². The summed E-state index contributed by atoms with van der Waals surface area (Å²) in [5.74, 6) is -1.08. The van der Waals surface area contributed by atoms with Gasteiger partial charge in [0.15, 0.2) is 0 Å². The molecular formula is C20H20N2O4S. The second-order valence-corrected chi connectivity index (χ2v) is 7.04. The zero-order valence-corrected chi connectivity index (χ0v) is 16.2.